The molecule has 1 aliphatic rings. The fraction of sp³-hybridized carbons (Fsp3) is 0.429. The van der Waals surface area contributed by atoms with Gasteiger partial charge in [-0.15, -0.1) is 0 Å². The van der Waals surface area contributed by atoms with E-state index in [1.54, 1.807) is 14.2 Å². The Balaban J connectivity index is 1.64. The molecule has 0 aliphatic carbocycles. The molecule has 0 spiro atoms. The molecule has 1 aliphatic heterocycles. The first-order valence-corrected chi connectivity index (χ1v) is 8.85. The molecule has 4 nitrogen and oxygen atoms in total. The van der Waals surface area contributed by atoms with Crippen molar-refractivity contribution in [1.82, 2.24) is 4.90 Å². The van der Waals surface area contributed by atoms with Crippen LogP contribution in [0.2, 0.25) is 0 Å². The van der Waals surface area contributed by atoms with E-state index in [4.69, 9.17) is 9.47 Å². The highest BCUT2D eigenvalue weighted by atomic mass is 16.5. The molecule has 25 heavy (non-hydrogen) atoms. The second kappa shape index (κ2) is 7.79. The predicted molar refractivity (Wildman–Crippen MR) is 103 cm³/mol. The number of nitrogens with zero attached hydrogens (tertiary/aromatic N) is 2. The summed E-state index contributed by atoms with van der Waals surface area (Å²) in [5, 5.41) is 0. The third kappa shape index (κ3) is 4.26. The van der Waals surface area contributed by atoms with Crippen LogP contribution >= 0.6 is 0 Å². The van der Waals surface area contributed by atoms with E-state index < -0.39 is 0 Å². The third-order valence-corrected chi connectivity index (χ3v) is 4.90. The van der Waals surface area contributed by atoms with Crippen molar-refractivity contribution in [2.75, 3.05) is 45.3 Å². The highest BCUT2D eigenvalue weighted by Crippen LogP contribution is 2.25. The first-order chi connectivity index (χ1) is 12.1. The summed E-state index contributed by atoms with van der Waals surface area (Å²) in [4.78, 5) is 5.00. The number of hydrogen-bond donors (Lipinski definition) is 0. The van der Waals surface area contributed by atoms with Crippen LogP contribution in [0.1, 0.15) is 16.7 Å². The summed E-state index contributed by atoms with van der Waals surface area (Å²) in [5.74, 6) is 1.70. The zero-order valence-corrected chi connectivity index (χ0v) is 15.7. The van der Waals surface area contributed by atoms with Crippen molar-refractivity contribution in [1.29, 1.82) is 0 Å². The molecule has 134 valence electrons. The molecule has 1 fully saturated rings. The van der Waals surface area contributed by atoms with Gasteiger partial charge in [-0.25, -0.2) is 0 Å². The molecule has 0 atom stereocenters. The van der Waals surface area contributed by atoms with Crippen molar-refractivity contribution in [2.24, 2.45) is 0 Å². The van der Waals surface area contributed by atoms with E-state index in [1.807, 2.05) is 6.07 Å². The molecular formula is C21H28N2O2. The molecule has 2 aromatic carbocycles. The van der Waals surface area contributed by atoms with Gasteiger partial charge in [0.2, 0.25) is 0 Å². The van der Waals surface area contributed by atoms with Crippen molar-refractivity contribution in [2.45, 2.75) is 20.4 Å². The van der Waals surface area contributed by atoms with Gasteiger partial charge < -0.3 is 14.4 Å². The number of hydrogen-bond acceptors (Lipinski definition) is 4. The van der Waals surface area contributed by atoms with Crippen LogP contribution in [-0.2, 0) is 6.54 Å². The fourth-order valence-electron chi connectivity index (χ4n) is 3.42. The molecule has 0 radical (unpaired) electrons. The summed E-state index contributed by atoms with van der Waals surface area (Å²) >= 11 is 0. The summed E-state index contributed by atoms with van der Waals surface area (Å²) in [5.41, 5.74) is 5.29. The lowest BCUT2D eigenvalue weighted by atomic mass is 10.1. The average Bonchev–Trinajstić information content (AvgIpc) is 2.64. The number of rotatable bonds is 5. The van der Waals surface area contributed by atoms with E-state index in [0.717, 1.165) is 44.2 Å². The van der Waals surface area contributed by atoms with E-state index in [1.165, 1.54) is 22.4 Å². The monoisotopic (exact) mass is 340 g/mol. The summed E-state index contributed by atoms with van der Waals surface area (Å²) < 4.78 is 10.8. The van der Waals surface area contributed by atoms with Crippen LogP contribution in [0.15, 0.2) is 36.4 Å². The zero-order chi connectivity index (χ0) is 17.8. The van der Waals surface area contributed by atoms with Gasteiger partial charge in [-0.2, -0.15) is 0 Å². The molecule has 0 aromatic heterocycles. The second-order valence-corrected chi connectivity index (χ2v) is 6.77. The van der Waals surface area contributed by atoms with E-state index in [-0.39, 0.29) is 0 Å². The van der Waals surface area contributed by atoms with Gasteiger partial charge >= 0.3 is 0 Å². The Morgan fingerprint density at radius 1 is 0.840 bits per heavy atom. The maximum atomic E-state index is 5.38. The highest BCUT2D eigenvalue weighted by Gasteiger charge is 2.19. The molecule has 4 heteroatoms. The van der Waals surface area contributed by atoms with Crippen molar-refractivity contribution in [3.63, 3.8) is 0 Å². The minimum atomic E-state index is 0.850. The van der Waals surface area contributed by atoms with Gasteiger partial charge in [0.25, 0.3) is 0 Å². The quantitative estimate of drug-likeness (QED) is 0.830. The van der Waals surface area contributed by atoms with Gasteiger partial charge in [-0.05, 0) is 48.7 Å². The maximum absolute atomic E-state index is 5.38. The summed E-state index contributed by atoms with van der Waals surface area (Å²) in [6, 6.07) is 12.8. The molecule has 0 amide bonds. The van der Waals surface area contributed by atoms with Gasteiger partial charge in [0.1, 0.15) is 11.5 Å². The standard InChI is InChI=1S/C21H28N2O2/c1-16-5-6-17(2)21(11-16)23-9-7-22(8-10-23)15-18-12-19(24-3)14-20(13-18)25-4/h5-6,11-14H,7-10,15H2,1-4H3. The summed E-state index contributed by atoms with van der Waals surface area (Å²) in [6.45, 7) is 9.53. The average molecular weight is 340 g/mol. The first kappa shape index (κ1) is 17.6. The van der Waals surface area contributed by atoms with Crippen LogP contribution in [0, 0.1) is 13.8 Å². The Morgan fingerprint density at radius 2 is 1.48 bits per heavy atom. The normalized spacial score (nSPS) is 15.3. The first-order valence-electron chi connectivity index (χ1n) is 8.85. The van der Waals surface area contributed by atoms with E-state index in [0.29, 0.717) is 0 Å². The lowest BCUT2D eigenvalue weighted by Gasteiger charge is -2.37. The van der Waals surface area contributed by atoms with Crippen LogP contribution in [-0.4, -0.2) is 45.3 Å². The van der Waals surface area contributed by atoms with Gasteiger partial charge in [-0.1, -0.05) is 12.1 Å². The Hall–Kier alpha value is -2.20. The van der Waals surface area contributed by atoms with Crippen LogP contribution in [0.3, 0.4) is 0 Å². The number of methoxy groups -OCH3 is 2. The predicted octanol–water partition coefficient (Wildman–Crippen LogP) is 3.64. The maximum Gasteiger partial charge on any atom is 0.122 e. The lowest BCUT2D eigenvalue weighted by molar-refractivity contribution is 0.249. The SMILES string of the molecule is COc1cc(CN2CCN(c3cc(C)ccc3C)CC2)cc(OC)c1. The number of benzene rings is 2. The van der Waals surface area contributed by atoms with Crippen LogP contribution in [0.5, 0.6) is 11.5 Å². The minimum absolute atomic E-state index is 0.850. The molecule has 0 bridgehead atoms. The minimum Gasteiger partial charge on any atom is -0.497 e. The van der Waals surface area contributed by atoms with Crippen LogP contribution in [0.25, 0.3) is 0 Å². The number of piperazine rings is 1. The van der Waals surface area contributed by atoms with Gasteiger partial charge in [-0.3, -0.25) is 4.90 Å². The third-order valence-electron chi connectivity index (χ3n) is 4.90. The van der Waals surface area contributed by atoms with E-state index >= 15 is 0 Å². The summed E-state index contributed by atoms with van der Waals surface area (Å²) in [6.07, 6.45) is 0. The van der Waals surface area contributed by atoms with Crippen LogP contribution < -0.4 is 14.4 Å². The van der Waals surface area contributed by atoms with Crippen molar-refractivity contribution in [3.8, 4) is 11.5 Å². The molecule has 1 saturated heterocycles. The zero-order valence-electron chi connectivity index (χ0n) is 15.7. The molecule has 0 saturated carbocycles. The Bertz CT molecular complexity index is 700. The van der Waals surface area contributed by atoms with Crippen LogP contribution in [0.4, 0.5) is 5.69 Å². The molecule has 2 aromatic rings. The van der Waals surface area contributed by atoms with Crippen molar-refractivity contribution in [3.05, 3.63) is 53.1 Å². The highest BCUT2D eigenvalue weighted by molar-refractivity contribution is 5.55. The smallest absolute Gasteiger partial charge is 0.122 e. The Kier molecular flexibility index (Phi) is 5.49. The van der Waals surface area contributed by atoms with Crippen molar-refractivity contribution >= 4 is 5.69 Å². The van der Waals surface area contributed by atoms with Gasteiger partial charge in [0.05, 0.1) is 14.2 Å². The fourth-order valence-corrected chi connectivity index (χ4v) is 3.42. The van der Waals surface area contributed by atoms with E-state index in [2.05, 4.69) is 54.0 Å². The summed E-state index contributed by atoms with van der Waals surface area (Å²) in [7, 11) is 3.39. The molecule has 3 rings (SSSR count). The van der Waals surface area contributed by atoms with Crippen molar-refractivity contribution < 1.29 is 9.47 Å². The largest absolute Gasteiger partial charge is 0.497 e. The lowest BCUT2D eigenvalue weighted by Crippen LogP contribution is -2.46. The van der Waals surface area contributed by atoms with Gasteiger partial charge in [0, 0.05) is 44.5 Å². The molecular weight excluding hydrogens is 312 g/mol. The van der Waals surface area contributed by atoms with Gasteiger partial charge in [0.15, 0.2) is 0 Å². The van der Waals surface area contributed by atoms with E-state index in [9.17, 15) is 0 Å². The number of anilines is 1. The number of ether oxygens (including phenoxy) is 2. The molecule has 1 heterocycles. The second-order valence-electron chi connectivity index (χ2n) is 6.77. The number of aryl methyl sites for hydroxylation is 2. The Morgan fingerprint density at radius 3 is 2.08 bits per heavy atom. The molecule has 0 N–H and O–H groups in total. The molecule has 0 unspecified atom stereocenters. The topological polar surface area (TPSA) is 24.9 Å². The Labute approximate surface area is 151 Å².